The summed E-state index contributed by atoms with van der Waals surface area (Å²) in [6, 6.07) is 24.4. The van der Waals surface area contributed by atoms with Crippen molar-refractivity contribution in [3.63, 3.8) is 0 Å². The van der Waals surface area contributed by atoms with E-state index in [1.54, 1.807) is 4.90 Å². The Hall–Kier alpha value is -3.34. The summed E-state index contributed by atoms with van der Waals surface area (Å²) in [6.07, 6.45) is 2.95. The lowest BCUT2D eigenvalue weighted by Gasteiger charge is -2.38. The average molecular weight is 428 g/mol. The van der Waals surface area contributed by atoms with Gasteiger partial charge in [0.1, 0.15) is 0 Å². The van der Waals surface area contributed by atoms with Crippen LogP contribution in [0.25, 0.3) is 0 Å². The third-order valence-electron chi connectivity index (χ3n) is 6.83. The van der Waals surface area contributed by atoms with E-state index in [0.29, 0.717) is 13.1 Å². The summed E-state index contributed by atoms with van der Waals surface area (Å²) >= 11 is 0. The lowest BCUT2D eigenvalue weighted by atomic mass is 10.00. The molecular formula is C27H29N3O2. The normalized spacial score (nSPS) is 21.7. The molecule has 3 atom stereocenters. The summed E-state index contributed by atoms with van der Waals surface area (Å²) < 4.78 is 2.22. The van der Waals surface area contributed by atoms with Gasteiger partial charge in [0.25, 0.3) is 0 Å². The number of likely N-dealkylation sites (N-methyl/N-ethyl adjacent to an activating group) is 1. The Morgan fingerprint density at radius 2 is 1.59 bits per heavy atom. The van der Waals surface area contributed by atoms with Crippen molar-refractivity contribution in [2.45, 2.75) is 31.8 Å². The fourth-order valence-corrected chi connectivity index (χ4v) is 5.01. The molecule has 164 valence electrons. The predicted octanol–water partition coefficient (Wildman–Crippen LogP) is 4.07. The van der Waals surface area contributed by atoms with E-state index in [9.17, 15) is 9.59 Å². The lowest BCUT2D eigenvalue weighted by Crippen LogP contribution is -2.48. The molecule has 5 nitrogen and oxygen atoms in total. The SMILES string of the molecule is CCN(CC(=O)N1CCn2cccc2C1c1ccccc1)C(=O)C1CC1c1ccccc1. The molecule has 2 amide bonds. The highest BCUT2D eigenvalue weighted by Crippen LogP contribution is 2.48. The van der Waals surface area contributed by atoms with Crippen LogP contribution in [0, 0.1) is 5.92 Å². The third kappa shape index (κ3) is 3.83. The van der Waals surface area contributed by atoms with Crippen LogP contribution in [-0.4, -0.2) is 45.8 Å². The molecule has 2 heterocycles. The van der Waals surface area contributed by atoms with Crippen molar-refractivity contribution >= 4 is 11.8 Å². The van der Waals surface area contributed by atoms with Crippen LogP contribution in [0.3, 0.4) is 0 Å². The van der Waals surface area contributed by atoms with Gasteiger partial charge in [-0.15, -0.1) is 0 Å². The Labute approximate surface area is 189 Å². The van der Waals surface area contributed by atoms with Gasteiger partial charge in [0.05, 0.1) is 12.6 Å². The van der Waals surface area contributed by atoms with E-state index in [1.807, 2.05) is 54.3 Å². The molecule has 0 spiro atoms. The second kappa shape index (κ2) is 8.65. The van der Waals surface area contributed by atoms with Crippen molar-refractivity contribution in [2.75, 3.05) is 19.6 Å². The fourth-order valence-electron chi connectivity index (χ4n) is 5.01. The number of carbonyl (C=O) groups is 2. The smallest absolute Gasteiger partial charge is 0.243 e. The molecule has 0 saturated heterocycles. The van der Waals surface area contributed by atoms with Gasteiger partial charge in [-0.1, -0.05) is 60.7 Å². The number of nitrogens with zero attached hydrogens (tertiary/aromatic N) is 3. The Kier molecular flexibility index (Phi) is 5.56. The molecule has 0 radical (unpaired) electrons. The van der Waals surface area contributed by atoms with Crippen LogP contribution in [0.2, 0.25) is 0 Å². The van der Waals surface area contributed by atoms with Crippen LogP contribution in [-0.2, 0) is 16.1 Å². The van der Waals surface area contributed by atoms with Gasteiger partial charge >= 0.3 is 0 Å². The topological polar surface area (TPSA) is 45.6 Å². The van der Waals surface area contributed by atoms with Gasteiger partial charge in [0.15, 0.2) is 0 Å². The number of carbonyl (C=O) groups excluding carboxylic acids is 2. The largest absolute Gasteiger partial charge is 0.348 e. The Balaban J connectivity index is 1.32. The highest BCUT2D eigenvalue weighted by molar-refractivity contribution is 5.88. The molecule has 2 aliphatic rings. The van der Waals surface area contributed by atoms with Crippen LogP contribution in [0.4, 0.5) is 0 Å². The average Bonchev–Trinajstić information content (AvgIpc) is 3.51. The number of hydrogen-bond acceptors (Lipinski definition) is 2. The van der Waals surface area contributed by atoms with Gasteiger partial charge in [-0.2, -0.15) is 0 Å². The Bertz CT molecular complexity index is 1090. The molecule has 1 saturated carbocycles. The lowest BCUT2D eigenvalue weighted by molar-refractivity contribution is -0.142. The Morgan fingerprint density at radius 3 is 2.28 bits per heavy atom. The van der Waals surface area contributed by atoms with Crippen LogP contribution < -0.4 is 0 Å². The monoisotopic (exact) mass is 427 g/mol. The third-order valence-corrected chi connectivity index (χ3v) is 6.83. The Morgan fingerprint density at radius 1 is 0.906 bits per heavy atom. The first-order valence-electron chi connectivity index (χ1n) is 11.5. The van der Waals surface area contributed by atoms with Gasteiger partial charge in [0.2, 0.25) is 11.8 Å². The first kappa shape index (κ1) is 20.6. The van der Waals surface area contributed by atoms with Gasteiger partial charge in [-0.25, -0.2) is 0 Å². The van der Waals surface area contributed by atoms with Crippen LogP contribution in [0.15, 0.2) is 79.0 Å². The van der Waals surface area contributed by atoms with E-state index in [-0.39, 0.29) is 36.2 Å². The second-order valence-electron chi connectivity index (χ2n) is 8.74. The van der Waals surface area contributed by atoms with E-state index in [1.165, 1.54) is 5.56 Å². The summed E-state index contributed by atoms with van der Waals surface area (Å²) in [6.45, 7) is 4.05. The maximum atomic E-state index is 13.5. The van der Waals surface area contributed by atoms with Crippen LogP contribution >= 0.6 is 0 Å². The van der Waals surface area contributed by atoms with Crippen molar-refractivity contribution < 1.29 is 9.59 Å². The van der Waals surface area contributed by atoms with Crippen molar-refractivity contribution in [2.24, 2.45) is 5.92 Å². The molecule has 5 rings (SSSR count). The van der Waals surface area contributed by atoms with Crippen molar-refractivity contribution in [3.05, 3.63) is 95.8 Å². The minimum absolute atomic E-state index is 0.00587. The van der Waals surface area contributed by atoms with Gasteiger partial charge < -0.3 is 14.4 Å². The van der Waals surface area contributed by atoms with Crippen molar-refractivity contribution in [1.29, 1.82) is 0 Å². The molecule has 2 aromatic carbocycles. The number of fused-ring (bicyclic) bond motifs is 1. The second-order valence-corrected chi connectivity index (χ2v) is 8.74. The number of amides is 2. The number of rotatable bonds is 6. The number of aromatic nitrogens is 1. The van der Waals surface area contributed by atoms with Gasteiger partial charge in [0, 0.05) is 37.4 Å². The molecule has 0 bridgehead atoms. The van der Waals surface area contributed by atoms with Crippen molar-refractivity contribution in [1.82, 2.24) is 14.4 Å². The first-order valence-corrected chi connectivity index (χ1v) is 11.5. The van der Waals surface area contributed by atoms with E-state index in [2.05, 4.69) is 41.1 Å². The molecule has 32 heavy (non-hydrogen) atoms. The summed E-state index contributed by atoms with van der Waals surface area (Å²) in [4.78, 5) is 30.4. The number of benzene rings is 2. The standard InChI is InChI=1S/C27H29N3O2/c1-2-28(27(32)23-18-22(23)20-10-5-3-6-11-20)19-25(31)30-17-16-29-15-9-14-24(29)26(30)21-12-7-4-8-13-21/h3-15,22-23,26H,2,16-19H2,1H3. The zero-order chi connectivity index (χ0) is 22.1. The zero-order valence-electron chi connectivity index (χ0n) is 18.4. The van der Waals surface area contributed by atoms with E-state index >= 15 is 0 Å². The van der Waals surface area contributed by atoms with E-state index in [0.717, 1.165) is 24.2 Å². The van der Waals surface area contributed by atoms with E-state index in [4.69, 9.17) is 0 Å². The quantitative estimate of drug-likeness (QED) is 0.595. The minimum atomic E-state index is -0.126. The summed E-state index contributed by atoms with van der Waals surface area (Å²) in [5.74, 6) is 0.390. The predicted molar refractivity (Wildman–Crippen MR) is 124 cm³/mol. The summed E-state index contributed by atoms with van der Waals surface area (Å²) in [7, 11) is 0. The molecule has 5 heteroatoms. The fraction of sp³-hybridized carbons (Fsp3) is 0.333. The maximum Gasteiger partial charge on any atom is 0.243 e. The van der Waals surface area contributed by atoms with Crippen LogP contribution in [0.5, 0.6) is 0 Å². The van der Waals surface area contributed by atoms with Crippen LogP contribution in [0.1, 0.15) is 42.1 Å². The van der Waals surface area contributed by atoms with Crippen molar-refractivity contribution in [3.8, 4) is 0 Å². The molecule has 0 N–H and O–H groups in total. The molecule has 1 aliphatic carbocycles. The first-order chi connectivity index (χ1) is 15.7. The molecule has 1 aromatic heterocycles. The highest BCUT2D eigenvalue weighted by Gasteiger charge is 2.46. The number of hydrogen-bond donors (Lipinski definition) is 0. The minimum Gasteiger partial charge on any atom is -0.348 e. The highest BCUT2D eigenvalue weighted by atomic mass is 16.2. The summed E-state index contributed by atoms with van der Waals surface area (Å²) in [5.41, 5.74) is 3.44. The molecule has 3 unspecified atom stereocenters. The maximum absolute atomic E-state index is 13.5. The molecule has 1 fully saturated rings. The summed E-state index contributed by atoms with van der Waals surface area (Å²) in [5, 5.41) is 0. The van der Waals surface area contributed by atoms with E-state index < -0.39 is 0 Å². The molecular weight excluding hydrogens is 398 g/mol. The zero-order valence-corrected chi connectivity index (χ0v) is 18.4. The van der Waals surface area contributed by atoms with Gasteiger partial charge in [-0.05, 0) is 42.5 Å². The van der Waals surface area contributed by atoms with Gasteiger partial charge in [-0.3, -0.25) is 9.59 Å². The molecule has 3 aromatic rings. The molecule has 1 aliphatic heterocycles.